The van der Waals surface area contributed by atoms with Gasteiger partial charge < -0.3 is 46.6 Å². The molecule has 0 amide bonds. The Kier molecular flexibility index (Phi) is 62.0. The Labute approximate surface area is 127 Å². The van der Waals surface area contributed by atoms with Gasteiger partial charge in [0.2, 0.25) is 0 Å². The molecule has 11 heavy (non-hydrogen) atoms. The largest absolute Gasteiger partial charge is 2.00 e. The fraction of sp³-hybridized carbons (Fsp3) is 0. The summed E-state index contributed by atoms with van der Waals surface area (Å²) < 4.78 is 0. The first-order valence-electron chi connectivity index (χ1n) is 1.10. The average molecular weight is 780 g/mol. The van der Waals surface area contributed by atoms with E-state index in [9.17, 15) is 0 Å². The van der Waals surface area contributed by atoms with Crippen molar-refractivity contribution in [1.82, 2.24) is 0 Å². The molecule has 0 aliphatic rings. The Morgan fingerprint density at radius 3 is 0.455 bits per heavy atom. The summed E-state index contributed by atoms with van der Waals surface area (Å²) in [7, 11) is -6.74. The minimum Gasteiger partial charge on any atom is -0.854 e. The van der Waals surface area contributed by atoms with Gasteiger partial charge in [-0.3, -0.25) is 0 Å². The molecule has 0 aliphatic carbocycles. The Morgan fingerprint density at radius 1 is 0.455 bits per heavy atom. The van der Waals surface area contributed by atoms with E-state index in [1.54, 1.807) is 0 Å². The van der Waals surface area contributed by atoms with Crippen LogP contribution in [0.15, 0.2) is 0 Å². The summed E-state index contributed by atoms with van der Waals surface area (Å²) in [6.07, 6.45) is 0. The Morgan fingerprint density at radius 2 is 0.455 bits per heavy atom. The monoisotopic (exact) mass is 782 g/mol. The first-order chi connectivity index (χ1) is 3.46. The molecule has 0 aromatic carbocycles. The smallest absolute Gasteiger partial charge is 0.854 e. The van der Waals surface area contributed by atoms with E-state index in [2.05, 4.69) is 0 Å². The van der Waals surface area contributed by atoms with Crippen LogP contribution in [0.1, 0.15) is 0 Å². The number of hydrogen-bond acceptors (Lipinski definition) is 6. The molecule has 0 spiro atoms. The fourth-order valence-corrected chi connectivity index (χ4v) is 0. The molecule has 0 aliphatic heterocycles. The van der Waals surface area contributed by atoms with E-state index in [0.29, 0.717) is 0 Å². The first-order valence-corrected chi connectivity index (χ1v) is 3.29. The average Bonchev–Trinajstić information content (AvgIpc) is 1.25. The standard InChI is InChI=1S/2O3P.3Pb/c2*1-4(2)3;;;/q2*-3;3*+2. The van der Waals surface area contributed by atoms with Gasteiger partial charge in [0.25, 0.3) is 0 Å². The number of hydrogen-bond donors (Lipinski definition) is 0. The van der Waals surface area contributed by atoms with Crippen LogP contribution in [-0.4, -0.2) is 81.9 Å². The second-order valence-corrected chi connectivity index (χ2v) is 1.34. The van der Waals surface area contributed by atoms with Gasteiger partial charge in [-0.2, -0.15) is 0 Å². The molecule has 0 aromatic heterocycles. The molecule has 11 heteroatoms. The summed E-state index contributed by atoms with van der Waals surface area (Å²) in [6.45, 7) is 0. The van der Waals surface area contributed by atoms with E-state index >= 15 is 0 Å². The zero-order chi connectivity index (χ0) is 7.15. The summed E-state index contributed by atoms with van der Waals surface area (Å²) in [5.41, 5.74) is 0. The third-order valence-electron chi connectivity index (χ3n) is 0. The van der Waals surface area contributed by atoms with Crippen LogP contribution in [0.25, 0.3) is 0 Å². The van der Waals surface area contributed by atoms with Crippen molar-refractivity contribution in [3.63, 3.8) is 0 Å². The molecule has 0 fully saturated rings. The van der Waals surface area contributed by atoms with Crippen molar-refractivity contribution >= 4 is 99.1 Å². The molecule has 58 valence electrons. The van der Waals surface area contributed by atoms with Crippen LogP contribution in [0.2, 0.25) is 0 Å². The summed E-state index contributed by atoms with van der Waals surface area (Å²) in [4.78, 5) is 50.9. The topological polar surface area (TPSA) is 138 Å². The quantitative estimate of drug-likeness (QED) is 0.177. The predicted molar refractivity (Wildman–Crippen MR) is 31.1 cm³/mol. The molecule has 6 nitrogen and oxygen atoms in total. The second-order valence-electron chi connectivity index (χ2n) is 0.447. The van der Waals surface area contributed by atoms with E-state index in [4.69, 9.17) is 29.4 Å². The Balaban J connectivity index is -0.0000000171. The van der Waals surface area contributed by atoms with Crippen molar-refractivity contribution in [1.29, 1.82) is 0 Å². The van der Waals surface area contributed by atoms with Crippen LogP contribution >= 0.6 is 17.2 Å². The minimum absolute atomic E-state index is 0. The molecule has 0 heterocycles. The molecule has 0 bridgehead atoms. The molecular formula is O6P2Pb3. The molecule has 0 unspecified atom stereocenters. The molecular weight excluding hydrogens is 780 g/mol. The molecule has 0 N–H and O–H groups in total. The third-order valence-corrected chi connectivity index (χ3v) is 0. The maximum absolute atomic E-state index is 8.48. The summed E-state index contributed by atoms with van der Waals surface area (Å²) in [5, 5.41) is 0. The van der Waals surface area contributed by atoms with Crippen molar-refractivity contribution in [2.24, 2.45) is 0 Å². The molecule has 0 rings (SSSR count). The minimum atomic E-state index is -3.37. The second kappa shape index (κ2) is 23.3. The zero-order valence-electron chi connectivity index (χ0n) is 4.84. The van der Waals surface area contributed by atoms with E-state index < -0.39 is 17.2 Å². The van der Waals surface area contributed by atoms with Gasteiger partial charge in [0.1, 0.15) is 0 Å². The molecule has 0 atom stereocenters. The van der Waals surface area contributed by atoms with Crippen molar-refractivity contribution in [2.45, 2.75) is 0 Å². The van der Waals surface area contributed by atoms with Crippen molar-refractivity contribution in [3.8, 4) is 0 Å². The van der Waals surface area contributed by atoms with Gasteiger partial charge in [-0.15, -0.1) is 0 Å². The van der Waals surface area contributed by atoms with E-state index in [-0.39, 0.29) is 81.9 Å². The SMILES string of the molecule is [O-]P([O-])[O-].[O-]P([O-])[O-].[Pb+2].[Pb+2].[Pb+2]. The van der Waals surface area contributed by atoms with Crippen molar-refractivity contribution < 1.29 is 29.4 Å². The summed E-state index contributed by atoms with van der Waals surface area (Å²) >= 11 is 0. The van der Waals surface area contributed by atoms with E-state index in [1.807, 2.05) is 0 Å². The predicted octanol–water partition coefficient (Wildman–Crippen LogP) is -6.55. The van der Waals surface area contributed by atoms with Crippen LogP contribution in [0.3, 0.4) is 0 Å². The zero-order valence-corrected chi connectivity index (χ0v) is 18.3. The maximum atomic E-state index is 8.48. The Hall–Kier alpha value is 3.39. The third kappa shape index (κ3) is 151. The first kappa shape index (κ1) is 29.3. The van der Waals surface area contributed by atoms with Crippen LogP contribution in [0.4, 0.5) is 0 Å². The van der Waals surface area contributed by atoms with E-state index in [1.165, 1.54) is 0 Å². The van der Waals surface area contributed by atoms with Crippen LogP contribution in [0.5, 0.6) is 0 Å². The molecule has 6 radical (unpaired) electrons. The fourth-order valence-electron chi connectivity index (χ4n) is 0. The molecule has 0 saturated heterocycles. The van der Waals surface area contributed by atoms with Crippen LogP contribution < -0.4 is 29.4 Å². The maximum Gasteiger partial charge on any atom is 2.00 e. The van der Waals surface area contributed by atoms with Crippen molar-refractivity contribution in [2.75, 3.05) is 0 Å². The van der Waals surface area contributed by atoms with Crippen LogP contribution in [-0.2, 0) is 0 Å². The summed E-state index contributed by atoms with van der Waals surface area (Å²) in [6, 6.07) is 0. The van der Waals surface area contributed by atoms with Gasteiger partial charge >= 0.3 is 81.9 Å². The van der Waals surface area contributed by atoms with Crippen molar-refractivity contribution in [3.05, 3.63) is 0 Å². The van der Waals surface area contributed by atoms with Gasteiger partial charge in [0, 0.05) is 0 Å². The van der Waals surface area contributed by atoms with Crippen LogP contribution in [0, 0.1) is 0 Å². The normalized spacial score (nSPS) is 6.55. The van der Waals surface area contributed by atoms with Gasteiger partial charge in [-0.1, -0.05) is 0 Å². The molecule has 0 saturated carbocycles. The molecule has 0 aromatic rings. The van der Waals surface area contributed by atoms with Gasteiger partial charge in [-0.25, -0.2) is 0 Å². The van der Waals surface area contributed by atoms with Gasteiger partial charge in [0.15, 0.2) is 0 Å². The van der Waals surface area contributed by atoms with Gasteiger partial charge in [-0.05, 0) is 0 Å². The summed E-state index contributed by atoms with van der Waals surface area (Å²) in [5.74, 6) is 0. The van der Waals surface area contributed by atoms with Gasteiger partial charge in [0.05, 0.1) is 0 Å². The Bertz CT molecular complexity index is 31.3. The number of rotatable bonds is 0. The van der Waals surface area contributed by atoms with E-state index in [0.717, 1.165) is 0 Å².